The number of aryl methyl sites for hydroxylation is 1. The van der Waals surface area contributed by atoms with Gasteiger partial charge in [0.25, 0.3) is 0 Å². The highest BCUT2D eigenvalue weighted by molar-refractivity contribution is 5.83. The lowest BCUT2D eigenvalue weighted by Crippen LogP contribution is -2.65. The number of carbonyl (C=O) groups excluding carboxylic acids is 2. The van der Waals surface area contributed by atoms with Gasteiger partial charge in [0.2, 0.25) is 18.6 Å². The first kappa shape index (κ1) is 21.4. The van der Waals surface area contributed by atoms with Crippen LogP contribution in [-0.4, -0.2) is 35.8 Å². The van der Waals surface area contributed by atoms with Crippen LogP contribution in [-0.2, 0) is 16.1 Å². The van der Waals surface area contributed by atoms with Crippen molar-refractivity contribution in [1.29, 1.82) is 0 Å². The van der Waals surface area contributed by atoms with Gasteiger partial charge in [-0.05, 0) is 49.4 Å². The summed E-state index contributed by atoms with van der Waals surface area (Å²) in [6, 6.07) is 13.9. The molecular formula is C25H29N5O4. The average Bonchev–Trinajstić information content (AvgIpc) is 3.49. The number of carbonyl (C=O) groups is 2. The number of nitrogens with one attached hydrogen (secondary N) is 4. The van der Waals surface area contributed by atoms with Crippen LogP contribution in [0.25, 0.3) is 0 Å². The molecule has 2 saturated heterocycles. The second kappa shape index (κ2) is 8.57. The molecule has 4 aliphatic rings. The first-order valence-corrected chi connectivity index (χ1v) is 11.9. The zero-order valence-electron chi connectivity index (χ0n) is 19.0. The van der Waals surface area contributed by atoms with Crippen LogP contribution < -0.4 is 31.1 Å². The van der Waals surface area contributed by atoms with Gasteiger partial charge in [0.05, 0.1) is 12.0 Å². The molecule has 0 spiro atoms. The van der Waals surface area contributed by atoms with E-state index in [9.17, 15) is 9.59 Å². The fraction of sp³-hybridized carbons (Fsp3) is 0.440. The molecule has 3 fully saturated rings. The predicted molar refractivity (Wildman–Crippen MR) is 123 cm³/mol. The van der Waals surface area contributed by atoms with Crippen molar-refractivity contribution in [2.75, 3.05) is 6.79 Å². The Balaban J connectivity index is 1.13. The molecule has 1 saturated carbocycles. The molecule has 2 aromatic rings. The molecule has 4 N–H and O–H groups in total. The number of rotatable bonds is 4. The second-order valence-corrected chi connectivity index (χ2v) is 9.60. The summed E-state index contributed by atoms with van der Waals surface area (Å²) < 4.78 is 10.8. The molecule has 0 radical (unpaired) electrons. The Morgan fingerprint density at radius 3 is 2.91 bits per heavy atom. The summed E-state index contributed by atoms with van der Waals surface area (Å²) in [6.45, 7) is 2.73. The van der Waals surface area contributed by atoms with Crippen molar-refractivity contribution in [2.24, 2.45) is 11.8 Å². The molecule has 34 heavy (non-hydrogen) atoms. The Bertz CT molecular complexity index is 1120. The molecular weight excluding hydrogens is 434 g/mol. The lowest BCUT2D eigenvalue weighted by molar-refractivity contribution is -0.143. The number of nitrogens with zero attached hydrogens (tertiary/aromatic N) is 1. The van der Waals surface area contributed by atoms with Gasteiger partial charge in [-0.3, -0.25) is 9.59 Å². The van der Waals surface area contributed by atoms with E-state index in [1.165, 1.54) is 5.56 Å². The van der Waals surface area contributed by atoms with Crippen molar-refractivity contribution in [1.82, 2.24) is 26.6 Å². The molecule has 9 nitrogen and oxygen atoms in total. The van der Waals surface area contributed by atoms with Crippen molar-refractivity contribution in [3.63, 3.8) is 0 Å². The minimum absolute atomic E-state index is 0.0287. The number of fused-ring (bicyclic) bond motifs is 4. The molecule has 2 aromatic carbocycles. The lowest BCUT2D eigenvalue weighted by Gasteiger charge is -2.46. The maximum Gasteiger partial charge on any atom is 0.231 e. The molecule has 9 heteroatoms. The maximum absolute atomic E-state index is 13.1. The molecule has 5 atom stereocenters. The van der Waals surface area contributed by atoms with Crippen LogP contribution in [0.1, 0.15) is 42.0 Å². The quantitative estimate of drug-likeness (QED) is 0.547. The molecule has 1 aliphatic carbocycles. The van der Waals surface area contributed by atoms with E-state index in [2.05, 4.69) is 51.7 Å². The minimum atomic E-state index is -0.203. The van der Waals surface area contributed by atoms with E-state index in [-0.39, 0.29) is 48.7 Å². The third kappa shape index (κ3) is 3.79. The Morgan fingerprint density at radius 2 is 2.03 bits per heavy atom. The number of ether oxygens (including phenoxy) is 2. The SMILES string of the molecule is Cc1cccc(C2NNN3C4CC(C(=O)NCc5ccc6c(c5)OCO6)CCC4C(=O)NC23)c1. The van der Waals surface area contributed by atoms with E-state index in [1.807, 2.05) is 24.3 Å². The van der Waals surface area contributed by atoms with Crippen molar-refractivity contribution in [3.8, 4) is 11.5 Å². The van der Waals surface area contributed by atoms with Gasteiger partial charge in [0, 0.05) is 18.5 Å². The summed E-state index contributed by atoms with van der Waals surface area (Å²) in [5.41, 5.74) is 9.91. The molecule has 0 aromatic heterocycles. The van der Waals surface area contributed by atoms with Crippen LogP contribution in [0.5, 0.6) is 11.5 Å². The van der Waals surface area contributed by atoms with Crippen LogP contribution in [0, 0.1) is 18.8 Å². The van der Waals surface area contributed by atoms with Crippen LogP contribution >= 0.6 is 0 Å². The standard InChI is InChI=1S/C25H29N5O4/c1-14-3-2-4-16(9-14)22-23-27-25(32)18-7-6-17(11-19(18)30(23)29-28-22)24(31)26-12-15-5-8-20-21(10-15)34-13-33-20/h2-5,8-10,17-19,22-23,28-29H,6-7,11-13H2,1H3,(H,26,31)(H,27,32). The van der Waals surface area contributed by atoms with E-state index >= 15 is 0 Å². The Kier molecular flexibility index (Phi) is 5.40. The summed E-state index contributed by atoms with van der Waals surface area (Å²) in [6.07, 6.45) is 1.83. The molecule has 6 rings (SSSR count). The third-order valence-electron chi connectivity index (χ3n) is 7.44. The zero-order valence-corrected chi connectivity index (χ0v) is 19.0. The highest BCUT2D eigenvalue weighted by Crippen LogP contribution is 2.39. The summed E-state index contributed by atoms with van der Waals surface area (Å²) in [5, 5.41) is 8.38. The first-order chi connectivity index (χ1) is 16.6. The normalized spacial score (nSPS) is 29.8. The van der Waals surface area contributed by atoms with Gasteiger partial charge in [-0.25, -0.2) is 10.4 Å². The highest BCUT2D eigenvalue weighted by atomic mass is 16.7. The van der Waals surface area contributed by atoms with Crippen LogP contribution in [0.2, 0.25) is 0 Å². The molecule has 3 aliphatic heterocycles. The second-order valence-electron chi connectivity index (χ2n) is 9.60. The number of amides is 2. The van der Waals surface area contributed by atoms with Gasteiger partial charge in [0.1, 0.15) is 6.17 Å². The Labute approximate surface area is 198 Å². The third-order valence-corrected chi connectivity index (χ3v) is 7.44. The number of hydrogen-bond acceptors (Lipinski definition) is 7. The molecule has 2 amide bonds. The van der Waals surface area contributed by atoms with E-state index in [0.717, 1.165) is 16.9 Å². The molecule has 5 unspecified atom stereocenters. The minimum Gasteiger partial charge on any atom is -0.454 e. The Morgan fingerprint density at radius 1 is 1.15 bits per heavy atom. The summed E-state index contributed by atoms with van der Waals surface area (Å²) in [7, 11) is 0. The highest BCUT2D eigenvalue weighted by Gasteiger charge is 2.51. The van der Waals surface area contributed by atoms with Crippen LogP contribution in [0.15, 0.2) is 42.5 Å². The fourth-order valence-electron chi connectivity index (χ4n) is 5.66. The monoisotopic (exact) mass is 463 g/mol. The predicted octanol–water partition coefficient (Wildman–Crippen LogP) is 1.65. The summed E-state index contributed by atoms with van der Waals surface area (Å²) in [4.78, 5) is 26.0. The van der Waals surface area contributed by atoms with Crippen molar-refractivity contribution in [2.45, 2.75) is 51.0 Å². The van der Waals surface area contributed by atoms with Gasteiger partial charge in [-0.1, -0.05) is 35.9 Å². The van der Waals surface area contributed by atoms with Gasteiger partial charge in [-0.2, -0.15) is 5.53 Å². The first-order valence-electron chi connectivity index (χ1n) is 11.9. The van der Waals surface area contributed by atoms with E-state index in [4.69, 9.17) is 9.47 Å². The van der Waals surface area contributed by atoms with E-state index in [1.54, 1.807) is 0 Å². The van der Waals surface area contributed by atoms with Gasteiger partial charge < -0.3 is 20.1 Å². The molecule has 3 heterocycles. The van der Waals surface area contributed by atoms with Gasteiger partial charge >= 0.3 is 0 Å². The topological polar surface area (TPSA) is 104 Å². The molecule has 0 bridgehead atoms. The average molecular weight is 464 g/mol. The maximum atomic E-state index is 13.1. The summed E-state index contributed by atoms with van der Waals surface area (Å²) in [5.74, 6) is 1.28. The van der Waals surface area contributed by atoms with Crippen molar-refractivity contribution in [3.05, 3.63) is 59.2 Å². The molecule has 178 valence electrons. The number of benzene rings is 2. The number of hydrazine groups is 2. The van der Waals surface area contributed by atoms with E-state index in [0.29, 0.717) is 31.6 Å². The van der Waals surface area contributed by atoms with Crippen molar-refractivity contribution >= 4 is 11.8 Å². The lowest BCUT2D eigenvalue weighted by atomic mass is 9.75. The van der Waals surface area contributed by atoms with Crippen LogP contribution in [0.3, 0.4) is 0 Å². The number of hydrogen-bond donors (Lipinski definition) is 4. The van der Waals surface area contributed by atoms with Crippen LogP contribution in [0.4, 0.5) is 0 Å². The Hall–Kier alpha value is -3.14. The largest absolute Gasteiger partial charge is 0.454 e. The van der Waals surface area contributed by atoms with Gasteiger partial charge in [-0.15, -0.1) is 0 Å². The summed E-state index contributed by atoms with van der Waals surface area (Å²) >= 11 is 0. The fourth-order valence-corrected chi connectivity index (χ4v) is 5.66. The van der Waals surface area contributed by atoms with Crippen molar-refractivity contribution < 1.29 is 19.1 Å². The smallest absolute Gasteiger partial charge is 0.231 e. The van der Waals surface area contributed by atoms with Gasteiger partial charge in [0.15, 0.2) is 11.5 Å². The zero-order chi connectivity index (χ0) is 23.2. The van der Waals surface area contributed by atoms with E-state index < -0.39 is 0 Å².